The summed E-state index contributed by atoms with van der Waals surface area (Å²) in [7, 11) is 0. The monoisotopic (exact) mass is 299 g/mol. The van der Waals surface area contributed by atoms with Crippen molar-refractivity contribution >= 4 is 23.4 Å². The Hall–Kier alpha value is -0.180. The van der Waals surface area contributed by atoms with Gasteiger partial charge in [0.2, 0.25) is 0 Å². The molecule has 1 aromatic carbocycles. The van der Waals surface area contributed by atoms with Gasteiger partial charge in [-0.1, -0.05) is 57.8 Å². The molecule has 0 radical (unpaired) electrons. The van der Waals surface area contributed by atoms with Crippen molar-refractivity contribution < 1.29 is 0 Å². The molecular formula is C16H26ClNS. The molecule has 1 aromatic rings. The molecule has 1 N–H and O–H groups in total. The number of hydrogen-bond donors (Lipinski definition) is 1. The summed E-state index contributed by atoms with van der Waals surface area (Å²) in [5.41, 5.74) is 1.32. The van der Waals surface area contributed by atoms with Gasteiger partial charge in [-0.25, -0.2) is 0 Å². The predicted octanol–water partition coefficient (Wildman–Crippen LogP) is 5.22. The lowest BCUT2D eigenvalue weighted by atomic mass is 10.2. The smallest absolute Gasteiger partial charge is 0.0545 e. The van der Waals surface area contributed by atoms with Gasteiger partial charge >= 0.3 is 0 Å². The molecule has 0 aliphatic rings. The van der Waals surface area contributed by atoms with Crippen LogP contribution >= 0.6 is 23.4 Å². The van der Waals surface area contributed by atoms with E-state index in [1.54, 1.807) is 0 Å². The fraction of sp³-hybridized carbons (Fsp3) is 0.625. The Morgan fingerprint density at radius 3 is 2.63 bits per heavy atom. The SMILES string of the molecule is CCC(C)CSc1c(Cl)cccc1CNCC(C)C. The van der Waals surface area contributed by atoms with Crippen LogP contribution < -0.4 is 5.32 Å². The zero-order valence-electron chi connectivity index (χ0n) is 12.5. The molecule has 108 valence electrons. The van der Waals surface area contributed by atoms with E-state index in [0.717, 1.165) is 29.8 Å². The summed E-state index contributed by atoms with van der Waals surface area (Å²) in [5, 5.41) is 4.38. The topological polar surface area (TPSA) is 12.0 Å². The van der Waals surface area contributed by atoms with E-state index in [2.05, 4.69) is 39.1 Å². The summed E-state index contributed by atoms with van der Waals surface area (Å²) in [4.78, 5) is 1.25. The maximum Gasteiger partial charge on any atom is 0.0545 e. The lowest BCUT2D eigenvalue weighted by Gasteiger charge is -2.14. The Balaban J connectivity index is 2.66. The number of rotatable bonds is 8. The zero-order chi connectivity index (χ0) is 14.3. The van der Waals surface area contributed by atoms with Crippen molar-refractivity contribution in [2.24, 2.45) is 11.8 Å². The Labute approximate surface area is 127 Å². The van der Waals surface area contributed by atoms with Gasteiger partial charge in [-0.2, -0.15) is 0 Å². The van der Waals surface area contributed by atoms with Crippen molar-refractivity contribution in [3.8, 4) is 0 Å². The molecule has 1 nitrogen and oxygen atoms in total. The van der Waals surface area contributed by atoms with Crippen LogP contribution in [0.15, 0.2) is 23.1 Å². The predicted molar refractivity (Wildman–Crippen MR) is 88.2 cm³/mol. The maximum absolute atomic E-state index is 6.35. The average molecular weight is 300 g/mol. The first kappa shape index (κ1) is 16.9. The third-order valence-corrected chi connectivity index (χ3v) is 5.06. The van der Waals surface area contributed by atoms with E-state index in [0.29, 0.717) is 5.92 Å². The number of benzene rings is 1. The molecular weight excluding hydrogens is 274 g/mol. The minimum Gasteiger partial charge on any atom is -0.312 e. The van der Waals surface area contributed by atoms with Crippen molar-refractivity contribution in [1.82, 2.24) is 5.32 Å². The van der Waals surface area contributed by atoms with E-state index < -0.39 is 0 Å². The molecule has 19 heavy (non-hydrogen) atoms. The molecule has 1 atom stereocenters. The van der Waals surface area contributed by atoms with Gasteiger partial charge in [-0.05, 0) is 30.0 Å². The van der Waals surface area contributed by atoms with Crippen molar-refractivity contribution in [3.05, 3.63) is 28.8 Å². The molecule has 0 saturated carbocycles. The second-order valence-electron chi connectivity index (χ2n) is 5.58. The summed E-state index contributed by atoms with van der Waals surface area (Å²) in [5.74, 6) is 2.55. The highest BCUT2D eigenvalue weighted by Crippen LogP contribution is 2.32. The zero-order valence-corrected chi connectivity index (χ0v) is 14.1. The number of thioether (sulfide) groups is 1. The Bertz CT molecular complexity index is 379. The average Bonchev–Trinajstić information content (AvgIpc) is 2.37. The second kappa shape index (κ2) is 8.89. The molecule has 3 heteroatoms. The lowest BCUT2D eigenvalue weighted by molar-refractivity contribution is 0.550. The van der Waals surface area contributed by atoms with Gasteiger partial charge < -0.3 is 5.32 Å². The minimum atomic E-state index is 0.676. The molecule has 0 aromatic heterocycles. The standard InChI is InChI=1S/C16H26ClNS/c1-5-13(4)11-19-16-14(7-6-8-15(16)17)10-18-9-12(2)3/h6-8,12-13,18H,5,9-11H2,1-4H3. The molecule has 0 heterocycles. The van der Waals surface area contributed by atoms with Gasteiger partial charge in [-0.15, -0.1) is 11.8 Å². The first-order valence-electron chi connectivity index (χ1n) is 7.15. The molecule has 1 rings (SSSR count). The van der Waals surface area contributed by atoms with E-state index in [9.17, 15) is 0 Å². The summed E-state index contributed by atoms with van der Waals surface area (Å²) < 4.78 is 0. The Kier molecular flexibility index (Phi) is 7.89. The van der Waals surface area contributed by atoms with E-state index in [-0.39, 0.29) is 0 Å². The highest BCUT2D eigenvalue weighted by atomic mass is 35.5. The van der Waals surface area contributed by atoms with E-state index in [1.165, 1.54) is 16.9 Å². The van der Waals surface area contributed by atoms with Crippen LogP contribution in [0.3, 0.4) is 0 Å². The van der Waals surface area contributed by atoms with E-state index in [4.69, 9.17) is 11.6 Å². The highest BCUT2D eigenvalue weighted by molar-refractivity contribution is 7.99. The molecule has 1 unspecified atom stereocenters. The Morgan fingerprint density at radius 1 is 1.26 bits per heavy atom. The number of nitrogens with one attached hydrogen (secondary N) is 1. The van der Waals surface area contributed by atoms with Gasteiger partial charge in [0.05, 0.1) is 5.02 Å². The van der Waals surface area contributed by atoms with Crippen molar-refractivity contribution in [2.75, 3.05) is 12.3 Å². The van der Waals surface area contributed by atoms with Gasteiger partial charge in [-0.3, -0.25) is 0 Å². The van der Waals surface area contributed by atoms with Crippen LogP contribution in [0, 0.1) is 11.8 Å². The fourth-order valence-corrected chi connectivity index (χ4v) is 3.27. The maximum atomic E-state index is 6.35. The van der Waals surface area contributed by atoms with Crippen LogP contribution in [0.2, 0.25) is 5.02 Å². The highest BCUT2D eigenvalue weighted by Gasteiger charge is 2.09. The molecule has 0 fully saturated rings. The van der Waals surface area contributed by atoms with Crippen LogP contribution in [-0.2, 0) is 6.54 Å². The van der Waals surface area contributed by atoms with Crippen molar-refractivity contribution in [1.29, 1.82) is 0 Å². The van der Waals surface area contributed by atoms with Gasteiger partial charge in [0, 0.05) is 17.2 Å². The third kappa shape index (κ3) is 6.20. The first-order valence-corrected chi connectivity index (χ1v) is 8.51. The molecule has 0 aliphatic carbocycles. The van der Waals surface area contributed by atoms with Gasteiger partial charge in [0.15, 0.2) is 0 Å². The molecule has 0 bridgehead atoms. The van der Waals surface area contributed by atoms with Crippen molar-refractivity contribution in [3.63, 3.8) is 0 Å². The number of halogens is 1. The summed E-state index contributed by atoms with van der Waals surface area (Å²) >= 11 is 8.24. The summed E-state index contributed by atoms with van der Waals surface area (Å²) in [6.07, 6.45) is 1.22. The normalized spacial score (nSPS) is 12.9. The van der Waals surface area contributed by atoms with Crippen LogP contribution in [0.25, 0.3) is 0 Å². The quantitative estimate of drug-likeness (QED) is 0.660. The molecule has 0 spiro atoms. The molecule has 0 amide bonds. The molecule has 0 saturated heterocycles. The third-order valence-electron chi connectivity index (χ3n) is 3.13. The molecule has 0 aliphatic heterocycles. The van der Waals surface area contributed by atoms with Gasteiger partial charge in [0.25, 0.3) is 0 Å². The van der Waals surface area contributed by atoms with Crippen LogP contribution in [-0.4, -0.2) is 12.3 Å². The summed E-state index contributed by atoms with van der Waals surface area (Å²) in [6, 6.07) is 6.21. The Morgan fingerprint density at radius 2 is 2.00 bits per heavy atom. The van der Waals surface area contributed by atoms with Crippen LogP contribution in [0.4, 0.5) is 0 Å². The fourth-order valence-electron chi connectivity index (χ4n) is 1.69. The summed E-state index contributed by atoms with van der Waals surface area (Å²) in [6.45, 7) is 10.9. The van der Waals surface area contributed by atoms with Crippen LogP contribution in [0.1, 0.15) is 39.7 Å². The van der Waals surface area contributed by atoms with E-state index >= 15 is 0 Å². The number of hydrogen-bond acceptors (Lipinski definition) is 2. The van der Waals surface area contributed by atoms with Gasteiger partial charge in [0.1, 0.15) is 0 Å². The minimum absolute atomic E-state index is 0.676. The largest absolute Gasteiger partial charge is 0.312 e. The first-order chi connectivity index (χ1) is 9.04. The lowest BCUT2D eigenvalue weighted by Crippen LogP contribution is -2.19. The van der Waals surface area contributed by atoms with E-state index in [1.807, 2.05) is 23.9 Å². The van der Waals surface area contributed by atoms with Crippen LogP contribution in [0.5, 0.6) is 0 Å². The van der Waals surface area contributed by atoms with Crippen molar-refractivity contribution in [2.45, 2.75) is 45.6 Å². The second-order valence-corrected chi connectivity index (χ2v) is 7.01.